The van der Waals surface area contributed by atoms with Gasteiger partial charge in [-0.3, -0.25) is 0 Å². The van der Waals surface area contributed by atoms with Crippen molar-refractivity contribution in [3.8, 4) is 0 Å². The van der Waals surface area contributed by atoms with Gasteiger partial charge in [0.25, 0.3) is 0 Å². The number of aliphatic hydroxyl groups excluding tert-OH is 1. The highest BCUT2D eigenvalue weighted by molar-refractivity contribution is 7.79. The van der Waals surface area contributed by atoms with Gasteiger partial charge >= 0.3 is 0 Å². The molecule has 2 aromatic carbocycles. The summed E-state index contributed by atoms with van der Waals surface area (Å²) in [5.74, 6) is 0. The number of benzene rings is 2. The molecule has 0 aliphatic rings. The lowest BCUT2D eigenvalue weighted by Crippen LogP contribution is -2.30. The zero-order valence-corrected chi connectivity index (χ0v) is 12.1. The van der Waals surface area contributed by atoms with Crippen molar-refractivity contribution in [3.05, 3.63) is 60.7 Å². The van der Waals surface area contributed by atoms with Crippen LogP contribution in [0.5, 0.6) is 0 Å². The first-order chi connectivity index (χ1) is 9.06. The van der Waals surface area contributed by atoms with Crippen LogP contribution >= 0.6 is 7.14 Å². The molecule has 2 aromatic rings. The molecule has 1 N–H and O–H groups in total. The molecule has 0 bridgehead atoms. The highest BCUT2D eigenvalue weighted by Gasteiger charge is 2.36. The first-order valence-corrected chi connectivity index (χ1v) is 8.23. The molecule has 0 amide bonds. The van der Waals surface area contributed by atoms with Gasteiger partial charge in [0, 0.05) is 16.3 Å². The van der Waals surface area contributed by atoms with Crippen LogP contribution in [0.15, 0.2) is 60.7 Å². The maximum Gasteiger partial charge on any atom is 0.148 e. The van der Waals surface area contributed by atoms with E-state index in [-0.39, 0.29) is 5.66 Å². The van der Waals surface area contributed by atoms with Crippen molar-refractivity contribution in [1.29, 1.82) is 0 Å². The van der Waals surface area contributed by atoms with Crippen molar-refractivity contribution in [2.45, 2.75) is 25.6 Å². The second-order valence-electron chi connectivity index (χ2n) is 4.81. The molecule has 2 nitrogen and oxygen atoms in total. The highest BCUT2D eigenvalue weighted by Crippen LogP contribution is 2.49. The predicted molar refractivity (Wildman–Crippen MR) is 80.9 cm³/mol. The normalized spacial score (nSPS) is 14.9. The Hall–Kier alpha value is -1.37. The lowest BCUT2D eigenvalue weighted by molar-refractivity contribution is 0.193. The molecule has 0 spiro atoms. The lowest BCUT2D eigenvalue weighted by atomic mass is 10.3. The first-order valence-electron chi connectivity index (χ1n) is 6.46. The van der Waals surface area contributed by atoms with Crippen molar-refractivity contribution in [3.63, 3.8) is 0 Å². The van der Waals surface area contributed by atoms with E-state index in [9.17, 15) is 9.67 Å². The Bertz CT molecular complexity index is 520. The zero-order valence-electron chi connectivity index (χ0n) is 11.2. The molecule has 3 heteroatoms. The number of rotatable bonds is 4. The summed E-state index contributed by atoms with van der Waals surface area (Å²) in [7, 11) is -2.82. The summed E-state index contributed by atoms with van der Waals surface area (Å²) in [4.78, 5) is 0. The van der Waals surface area contributed by atoms with Gasteiger partial charge in [0.1, 0.15) is 7.14 Å². The van der Waals surface area contributed by atoms with Crippen molar-refractivity contribution in [1.82, 2.24) is 0 Å². The fraction of sp³-hybridized carbons (Fsp3) is 0.250. The molecule has 19 heavy (non-hydrogen) atoms. The molecule has 0 aliphatic carbocycles. The first kappa shape index (κ1) is 14.0. The molecule has 0 radical (unpaired) electrons. The standard InChI is InChI=1S/C16H19O2P/c1-13(17)14(2)19(18,15-9-5-3-6-10-15)16-11-7-4-8-12-16/h3-14,17H,1-2H3/t13-,14-/m0/s1. The Labute approximate surface area is 114 Å². The molecule has 0 heterocycles. The molecule has 0 unspecified atom stereocenters. The third-order valence-electron chi connectivity index (χ3n) is 3.55. The average Bonchev–Trinajstić information content (AvgIpc) is 2.47. The Morgan fingerprint density at radius 3 is 1.53 bits per heavy atom. The van der Waals surface area contributed by atoms with Gasteiger partial charge in [-0.05, 0) is 6.92 Å². The fourth-order valence-electron chi connectivity index (χ4n) is 2.22. The van der Waals surface area contributed by atoms with E-state index in [1.165, 1.54) is 0 Å². The van der Waals surface area contributed by atoms with E-state index in [1.807, 2.05) is 67.6 Å². The Morgan fingerprint density at radius 2 is 1.21 bits per heavy atom. The van der Waals surface area contributed by atoms with Crippen LogP contribution in [0.4, 0.5) is 0 Å². The van der Waals surface area contributed by atoms with Gasteiger partial charge in [-0.15, -0.1) is 0 Å². The van der Waals surface area contributed by atoms with Gasteiger partial charge < -0.3 is 9.67 Å². The van der Waals surface area contributed by atoms with E-state index < -0.39 is 13.2 Å². The van der Waals surface area contributed by atoms with Gasteiger partial charge in [0.15, 0.2) is 0 Å². The monoisotopic (exact) mass is 274 g/mol. The van der Waals surface area contributed by atoms with Gasteiger partial charge in [-0.2, -0.15) is 0 Å². The smallest absolute Gasteiger partial charge is 0.148 e. The minimum absolute atomic E-state index is 0.308. The maximum atomic E-state index is 13.6. The summed E-state index contributed by atoms with van der Waals surface area (Å²) in [6.07, 6.45) is -0.619. The Morgan fingerprint density at radius 1 is 0.842 bits per heavy atom. The van der Waals surface area contributed by atoms with Crippen LogP contribution in [0.1, 0.15) is 13.8 Å². The van der Waals surface area contributed by atoms with Crippen LogP contribution in [-0.2, 0) is 4.57 Å². The molecule has 100 valence electrons. The molecular weight excluding hydrogens is 255 g/mol. The summed E-state index contributed by atoms with van der Waals surface area (Å²) in [6.45, 7) is 3.55. The second-order valence-corrected chi connectivity index (χ2v) is 7.97. The molecule has 0 saturated heterocycles. The van der Waals surface area contributed by atoms with Crippen LogP contribution < -0.4 is 10.6 Å². The van der Waals surface area contributed by atoms with Gasteiger partial charge in [0.2, 0.25) is 0 Å². The van der Waals surface area contributed by atoms with Crippen molar-refractivity contribution >= 4 is 17.8 Å². The fourth-order valence-corrected chi connectivity index (χ4v) is 5.30. The molecule has 0 aromatic heterocycles. The molecule has 0 saturated carbocycles. The minimum Gasteiger partial charge on any atom is -0.393 e. The van der Waals surface area contributed by atoms with E-state index in [0.29, 0.717) is 0 Å². The van der Waals surface area contributed by atoms with Crippen LogP contribution in [0.25, 0.3) is 0 Å². The Balaban J connectivity index is 2.61. The van der Waals surface area contributed by atoms with Crippen LogP contribution in [0, 0.1) is 0 Å². The molecular formula is C16H19O2P. The summed E-state index contributed by atoms with van der Waals surface area (Å²) in [6, 6.07) is 18.9. The SMILES string of the molecule is C[C@H](O)[C@H](C)P(=O)(c1ccccc1)c1ccccc1. The van der Waals surface area contributed by atoms with Crippen LogP contribution in [0.3, 0.4) is 0 Å². The van der Waals surface area contributed by atoms with Crippen LogP contribution in [-0.4, -0.2) is 16.9 Å². The molecule has 2 rings (SSSR count). The molecule has 2 atom stereocenters. The summed E-state index contributed by atoms with van der Waals surface area (Å²) < 4.78 is 13.6. The largest absolute Gasteiger partial charge is 0.393 e. The van der Waals surface area contributed by atoms with Gasteiger partial charge in [-0.1, -0.05) is 67.6 Å². The Kier molecular flexibility index (Phi) is 4.24. The second kappa shape index (κ2) is 5.73. The van der Waals surface area contributed by atoms with E-state index in [2.05, 4.69) is 0 Å². The van der Waals surface area contributed by atoms with Crippen molar-refractivity contribution < 1.29 is 9.67 Å². The third kappa shape index (κ3) is 2.65. The van der Waals surface area contributed by atoms with E-state index in [4.69, 9.17) is 0 Å². The number of hydrogen-bond donors (Lipinski definition) is 1. The summed E-state index contributed by atoms with van der Waals surface area (Å²) in [5, 5.41) is 11.5. The average molecular weight is 274 g/mol. The molecule has 0 fully saturated rings. The highest BCUT2D eigenvalue weighted by atomic mass is 31.2. The van der Waals surface area contributed by atoms with Gasteiger partial charge in [-0.25, -0.2) is 0 Å². The summed E-state index contributed by atoms with van der Waals surface area (Å²) in [5.41, 5.74) is -0.308. The van der Waals surface area contributed by atoms with Crippen molar-refractivity contribution in [2.24, 2.45) is 0 Å². The van der Waals surface area contributed by atoms with Gasteiger partial charge in [0.05, 0.1) is 6.10 Å². The zero-order chi connectivity index (χ0) is 13.9. The van der Waals surface area contributed by atoms with E-state index in [1.54, 1.807) is 6.92 Å². The van der Waals surface area contributed by atoms with E-state index >= 15 is 0 Å². The quantitative estimate of drug-likeness (QED) is 0.870. The van der Waals surface area contributed by atoms with Crippen molar-refractivity contribution in [2.75, 3.05) is 0 Å². The lowest BCUT2D eigenvalue weighted by Gasteiger charge is -2.27. The third-order valence-corrected chi connectivity index (χ3v) is 7.26. The van der Waals surface area contributed by atoms with Crippen LogP contribution in [0.2, 0.25) is 0 Å². The number of aliphatic hydroxyl groups is 1. The maximum absolute atomic E-state index is 13.6. The van der Waals surface area contributed by atoms with E-state index in [0.717, 1.165) is 10.6 Å². The summed E-state index contributed by atoms with van der Waals surface area (Å²) >= 11 is 0. The molecule has 0 aliphatic heterocycles. The minimum atomic E-state index is -2.82. The topological polar surface area (TPSA) is 37.3 Å². The number of hydrogen-bond acceptors (Lipinski definition) is 2. The predicted octanol–water partition coefficient (Wildman–Crippen LogP) is 2.77.